The van der Waals surface area contributed by atoms with Crippen molar-refractivity contribution in [1.82, 2.24) is 10.6 Å². The lowest BCUT2D eigenvalue weighted by Crippen LogP contribution is -2.52. The number of nitrogens with one attached hydrogen (secondary N) is 2. The first-order valence-corrected chi connectivity index (χ1v) is 5.80. The zero-order chi connectivity index (χ0) is 10.0. The van der Waals surface area contributed by atoms with Crippen LogP contribution in [0.3, 0.4) is 0 Å². The van der Waals surface area contributed by atoms with Crippen LogP contribution in [0.1, 0.15) is 26.2 Å². The normalized spacial score (nSPS) is 44.1. The first-order valence-electron chi connectivity index (χ1n) is 5.80. The molecule has 0 aromatic carbocycles. The van der Waals surface area contributed by atoms with E-state index in [-0.39, 0.29) is 12.1 Å². The summed E-state index contributed by atoms with van der Waals surface area (Å²) in [6.45, 7) is 5.85. The molecule has 2 rings (SSSR count). The van der Waals surface area contributed by atoms with Crippen molar-refractivity contribution in [2.75, 3.05) is 26.2 Å². The average Bonchev–Trinajstić information content (AvgIpc) is 2.71. The van der Waals surface area contributed by atoms with E-state index in [0.29, 0.717) is 0 Å². The van der Waals surface area contributed by atoms with Gasteiger partial charge >= 0.3 is 0 Å². The molecule has 2 aliphatic heterocycles. The molecule has 14 heavy (non-hydrogen) atoms. The molecule has 0 radical (unpaired) electrons. The zero-order valence-corrected chi connectivity index (χ0v) is 9.05. The van der Waals surface area contributed by atoms with E-state index in [1.807, 2.05) is 0 Å². The summed E-state index contributed by atoms with van der Waals surface area (Å²) in [6, 6.07) is 0. The Morgan fingerprint density at radius 3 is 2.71 bits per heavy atom. The second-order valence-corrected chi connectivity index (χ2v) is 5.15. The lowest BCUT2D eigenvalue weighted by Gasteiger charge is -2.40. The summed E-state index contributed by atoms with van der Waals surface area (Å²) in [5, 5.41) is 16.2. The van der Waals surface area contributed by atoms with Gasteiger partial charge < -0.3 is 15.7 Å². The smallest absolute Gasteiger partial charge is 0.0610 e. The largest absolute Gasteiger partial charge is 0.394 e. The van der Waals surface area contributed by atoms with Gasteiger partial charge in [-0.05, 0) is 57.7 Å². The van der Waals surface area contributed by atoms with Gasteiger partial charge in [0.15, 0.2) is 0 Å². The molecule has 0 aliphatic carbocycles. The highest BCUT2D eigenvalue weighted by Crippen LogP contribution is 2.32. The van der Waals surface area contributed by atoms with Crippen LogP contribution in [0.4, 0.5) is 0 Å². The van der Waals surface area contributed by atoms with Crippen LogP contribution in [0.2, 0.25) is 0 Å². The van der Waals surface area contributed by atoms with E-state index >= 15 is 0 Å². The minimum atomic E-state index is -0.0223. The van der Waals surface area contributed by atoms with Gasteiger partial charge in [-0.2, -0.15) is 0 Å². The molecule has 3 N–H and O–H groups in total. The van der Waals surface area contributed by atoms with Crippen molar-refractivity contribution in [2.45, 2.75) is 31.7 Å². The number of piperidine rings is 1. The molecule has 3 atom stereocenters. The average molecular weight is 198 g/mol. The lowest BCUT2D eigenvalue weighted by atomic mass is 9.76. The van der Waals surface area contributed by atoms with Crippen molar-refractivity contribution in [3.8, 4) is 0 Å². The van der Waals surface area contributed by atoms with E-state index in [9.17, 15) is 5.11 Å². The molecule has 0 saturated carbocycles. The van der Waals surface area contributed by atoms with Crippen LogP contribution >= 0.6 is 0 Å². The molecule has 0 aromatic rings. The Kier molecular flexibility index (Phi) is 3.10. The van der Waals surface area contributed by atoms with Gasteiger partial charge in [0.2, 0.25) is 0 Å². The topological polar surface area (TPSA) is 44.3 Å². The van der Waals surface area contributed by atoms with Crippen LogP contribution in [0.5, 0.6) is 0 Å². The van der Waals surface area contributed by atoms with Crippen molar-refractivity contribution >= 4 is 0 Å². The summed E-state index contributed by atoms with van der Waals surface area (Å²) in [4.78, 5) is 0. The Balaban J connectivity index is 1.93. The van der Waals surface area contributed by atoms with E-state index in [2.05, 4.69) is 17.6 Å². The van der Waals surface area contributed by atoms with E-state index < -0.39 is 0 Å². The van der Waals surface area contributed by atoms with E-state index in [0.717, 1.165) is 24.8 Å². The molecule has 3 heteroatoms. The molecule has 0 aromatic heterocycles. The second kappa shape index (κ2) is 4.17. The summed E-state index contributed by atoms with van der Waals surface area (Å²) in [6.07, 6.45) is 3.74. The third-order valence-corrected chi connectivity index (χ3v) is 3.89. The van der Waals surface area contributed by atoms with Gasteiger partial charge in [0, 0.05) is 5.54 Å². The van der Waals surface area contributed by atoms with Gasteiger partial charge in [0.1, 0.15) is 0 Å². The van der Waals surface area contributed by atoms with Gasteiger partial charge in [-0.3, -0.25) is 0 Å². The zero-order valence-electron chi connectivity index (χ0n) is 9.05. The van der Waals surface area contributed by atoms with Crippen molar-refractivity contribution in [2.24, 2.45) is 11.8 Å². The summed E-state index contributed by atoms with van der Waals surface area (Å²) < 4.78 is 0. The fourth-order valence-corrected chi connectivity index (χ4v) is 2.91. The molecule has 2 aliphatic rings. The number of hydrogen-bond donors (Lipinski definition) is 3. The first kappa shape index (κ1) is 10.4. The van der Waals surface area contributed by atoms with Crippen molar-refractivity contribution in [3.05, 3.63) is 0 Å². The predicted octanol–water partition coefficient (Wildman–Crippen LogP) is 0.346. The SMILES string of the molecule is CC1(CO)CC(C2CCNC2)CCN1. The molecule has 2 saturated heterocycles. The number of aliphatic hydroxyl groups is 1. The molecular formula is C11H22N2O. The predicted molar refractivity (Wildman–Crippen MR) is 57.2 cm³/mol. The van der Waals surface area contributed by atoms with E-state index in [1.165, 1.54) is 25.9 Å². The molecule has 2 fully saturated rings. The Morgan fingerprint density at radius 2 is 2.07 bits per heavy atom. The minimum Gasteiger partial charge on any atom is -0.394 e. The third kappa shape index (κ3) is 2.10. The van der Waals surface area contributed by atoms with Crippen LogP contribution in [0.25, 0.3) is 0 Å². The summed E-state index contributed by atoms with van der Waals surface area (Å²) in [5.41, 5.74) is -0.0223. The monoisotopic (exact) mass is 198 g/mol. The van der Waals surface area contributed by atoms with Crippen LogP contribution < -0.4 is 10.6 Å². The molecule has 3 unspecified atom stereocenters. The summed E-state index contributed by atoms with van der Waals surface area (Å²) in [5.74, 6) is 1.66. The minimum absolute atomic E-state index is 0.0223. The van der Waals surface area contributed by atoms with Crippen molar-refractivity contribution in [1.29, 1.82) is 0 Å². The van der Waals surface area contributed by atoms with Crippen molar-refractivity contribution < 1.29 is 5.11 Å². The Labute approximate surface area is 86.3 Å². The fourth-order valence-electron chi connectivity index (χ4n) is 2.91. The van der Waals surface area contributed by atoms with Crippen LogP contribution in [-0.2, 0) is 0 Å². The Bertz CT molecular complexity index is 192. The highest BCUT2D eigenvalue weighted by molar-refractivity contribution is 4.93. The summed E-state index contributed by atoms with van der Waals surface area (Å²) in [7, 11) is 0. The maximum absolute atomic E-state index is 9.33. The fraction of sp³-hybridized carbons (Fsp3) is 1.00. The van der Waals surface area contributed by atoms with Gasteiger partial charge in [0.25, 0.3) is 0 Å². The molecular weight excluding hydrogens is 176 g/mol. The highest BCUT2D eigenvalue weighted by Gasteiger charge is 2.35. The standard InChI is InChI=1S/C11H22N2O/c1-11(8-14)6-9(3-5-13-11)10-2-4-12-7-10/h9-10,12-14H,2-8H2,1H3. The van der Waals surface area contributed by atoms with Crippen molar-refractivity contribution in [3.63, 3.8) is 0 Å². The second-order valence-electron chi connectivity index (χ2n) is 5.15. The molecule has 3 nitrogen and oxygen atoms in total. The lowest BCUT2D eigenvalue weighted by molar-refractivity contribution is 0.101. The molecule has 2 heterocycles. The molecule has 82 valence electrons. The third-order valence-electron chi connectivity index (χ3n) is 3.89. The van der Waals surface area contributed by atoms with Crippen LogP contribution in [-0.4, -0.2) is 36.9 Å². The first-order chi connectivity index (χ1) is 6.73. The van der Waals surface area contributed by atoms with Gasteiger partial charge in [0.05, 0.1) is 6.61 Å². The number of aliphatic hydroxyl groups excluding tert-OH is 1. The van der Waals surface area contributed by atoms with Gasteiger partial charge in [-0.15, -0.1) is 0 Å². The maximum Gasteiger partial charge on any atom is 0.0610 e. The van der Waals surface area contributed by atoms with E-state index in [1.54, 1.807) is 0 Å². The molecule has 0 amide bonds. The summed E-state index contributed by atoms with van der Waals surface area (Å²) >= 11 is 0. The maximum atomic E-state index is 9.33. The van der Waals surface area contributed by atoms with Gasteiger partial charge in [-0.1, -0.05) is 0 Å². The van der Waals surface area contributed by atoms with Gasteiger partial charge in [-0.25, -0.2) is 0 Å². The Hall–Kier alpha value is -0.120. The molecule has 0 bridgehead atoms. The Morgan fingerprint density at radius 1 is 1.29 bits per heavy atom. The van der Waals surface area contributed by atoms with E-state index in [4.69, 9.17) is 0 Å². The van der Waals surface area contributed by atoms with Crippen LogP contribution in [0.15, 0.2) is 0 Å². The highest BCUT2D eigenvalue weighted by atomic mass is 16.3. The quantitative estimate of drug-likeness (QED) is 0.600. The van der Waals surface area contributed by atoms with Crippen LogP contribution in [0, 0.1) is 11.8 Å². The number of hydrogen-bond acceptors (Lipinski definition) is 3. The molecule has 0 spiro atoms. The number of rotatable bonds is 2.